The number of nitrogens with one attached hydrogen (secondary N) is 1. The fourth-order valence-electron chi connectivity index (χ4n) is 3.96. The van der Waals surface area contributed by atoms with Crippen molar-refractivity contribution in [2.24, 2.45) is 0 Å². The fraction of sp³-hybridized carbons (Fsp3) is 0.231. The van der Waals surface area contributed by atoms with Crippen LogP contribution in [0.3, 0.4) is 0 Å². The highest BCUT2D eigenvalue weighted by molar-refractivity contribution is 6.93. The standard InChI is InChI=1S/C26H29NO3Si/c1-4-30-26(29)24(31(2,3)22-18-12-7-13-19-22)23(20-14-8-5-9-15-20)27-25(28)21-16-10-6-11-17-21/h5-19,23-24H,4H2,1-3H3,(H,27,28)/t23-,24-/m1/s1. The summed E-state index contributed by atoms with van der Waals surface area (Å²) >= 11 is 0. The van der Waals surface area contributed by atoms with Gasteiger partial charge < -0.3 is 10.1 Å². The highest BCUT2D eigenvalue weighted by Gasteiger charge is 2.46. The van der Waals surface area contributed by atoms with Crippen molar-refractivity contribution >= 4 is 25.1 Å². The average molecular weight is 432 g/mol. The molecule has 0 aliphatic heterocycles. The summed E-state index contributed by atoms with van der Waals surface area (Å²) in [6.07, 6.45) is 0. The van der Waals surface area contributed by atoms with Crippen molar-refractivity contribution in [3.05, 3.63) is 102 Å². The molecule has 0 spiro atoms. The normalized spacial score (nSPS) is 13.1. The van der Waals surface area contributed by atoms with Crippen LogP contribution in [0.1, 0.15) is 28.9 Å². The highest BCUT2D eigenvalue weighted by atomic mass is 28.3. The molecule has 0 aliphatic carbocycles. The van der Waals surface area contributed by atoms with Gasteiger partial charge in [-0.2, -0.15) is 0 Å². The smallest absolute Gasteiger partial charge is 0.308 e. The van der Waals surface area contributed by atoms with E-state index < -0.39 is 19.7 Å². The molecule has 2 atom stereocenters. The molecule has 0 fully saturated rings. The summed E-state index contributed by atoms with van der Waals surface area (Å²) in [4.78, 5) is 26.5. The molecular weight excluding hydrogens is 402 g/mol. The van der Waals surface area contributed by atoms with Crippen molar-refractivity contribution in [1.29, 1.82) is 0 Å². The van der Waals surface area contributed by atoms with E-state index in [2.05, 4.69) is 30.5 Å². The first-order valence-electron chi connectivity index (χ1n) is 10.6. The van der Waals surface area contributed by atoms with Gasteiger partial charge in [-0.05, 0) is 24.6 Å². The molecule has 0 bridgehead atoms. The van der Waals surface area contributed by atoms with Gasteiger partial charge in [-0.15, -0.1) is 0 Å². The van der Waals surface area contributed by atoms with Crippen molar-refractivity contribution in [2.75, 3.05) is 6.61 Å². The lowest BCUT2D eigenvalue weighted by atomic mass is 10.0. The molecule has 5 heteroatoms. The monoisotopic (exact) mass is 431 g/mol. The first-order valence-corrected chi connectivity index (χ1v) is 13.7. The van der Waals surface area contributed by atoms with Crippen LogP contribution in [0.5, 0.6) is 0 Å². The van der Waals surface area contributed by atoms with Gasteiger partial charge in [0.2, 0.25) is 0 Å². The van der Waals surface area contributed by atoms with Crippen LogP contribution in [0.25, 0.3) is 0 Å². The number of hydrogen-bond acceptors (Lipinski definition) is 3. The summed E-state index contributed by atoms with van der Waals surface area (Å²) in [6.45, 7) is 6.43. The molecule has 3 aromatic rings. The zero-order chi connectivity index (χ0) is 22.3. The lowest BCUT2D eigenvalue weighted by Crippen LogP contribution is -2.54. The minimum Gasteiger partial charge on any atom is -0.466 e. The number of esters is 1. The zero-order valence-corrected chi connectivity index (χ0v) is 19.2. The second-order valence-electron chi connectivity index (χ2n) is 8.05. The number of benzene rings is 3. The van der Waals surface area contributed by atoms with E-state index in [4.69, 9.17) is 4.74 Å². The van der Waals surface area contributed by atoms with Gasteiger partial charge in [0.1, 0.15) is 0 Å². The second kappa shape index (κ2) is 10.2. The number of hydrogen-bond donors (Lipinski definition) is 1. The fourth-order valence-corrected chi connectivity index (χ4v) is 7.15. The Morgan fingerprint density at radius 1 is 0.839 bits per heavy atom. The van der Waals surface area contributed by atoms with Crippen LogP contribution in [-0.2, 0) is 9.53 Å². The van der Waals surface area contributed by atoms with E-state index in [0.29, 0.717) is 12.2 Å². The molecule has 31 heavy (non-hydrogen) atoms. The van der Waals surface area contributed by atoms with Gasteiger partial charge in [-0.25, -0.2) is 0 Å². The third-order valence-corrected chi connectivity index (χ3v) is 9.60. The minimum absolute atomic E-state index is 0.207. The SMILES string of the molecule is CCOC(=O)[C@@H]([C@H](NC(=O)c1ccccc1)c1ccccc1)[Si](C)(C)c1ccccc1. The Kier molecular flexibility index (Phi) is 7.42. The van der Waals surface area contributed by atoms with Crippen LogP contribution in [0.15, 0.2) is 91.0 Å². The van der Waals surface area contributed by atoms with Crippen molar-refractivity contribution in [2.45, 2.75) is 31.6 Å². The third kappa shape index (κ3) is 5.30. The molecule has 0 heterocycles. The van der Waals surface area contributed by atoms with Crippen molar-refractivity contribution in [1.82, 2.24) is 5.32 Å². The predicted molar refractivity (Wildman–Crippen MR) is 127 cm³/mol. The molecular formula is C26H29NO3Si. The van der Waals surface area contributed by atoms with E-state index in [1.165, 1.54) is 0 Å². The van der Waals surface area contributed by atoms with Crippen LogP contribution >= 0.6 is 0 Å². The molecule has 0 aliphatic rings. The lowest BCUT2D eigenvalue weighted by molar-refractivity contribution is -0.143. The molecule has 1 amide bonds. The van der Waals surface area contributed by atoms with Gasteiger partial charge in [-0.3, -0.25) is 9.59 Å². The van der Waals surface area contributed by atoms with E-state index in [0.717, 1.165) is 10.8 Å². The topological polar surface area (TPSA) is 55.4 Å². The van der Waals surface area contributed by atoms with Gasteiger partial charge in [-0.1, -0.05) is 97.1 Å². The summed E-state index contributed by atoms with van der Waals surface area (Å²) in [5, 5.41) is 4.30. The summed E-state index contributed by atoms with van der Waals surface area (Å²) in [6, 6.07) is 28.4. The van der Waals surface area contributed by atoms with Crippen molar-refractivity contribution in [3.63, 3.8) is 0 Å². The van der Waals surface area contributed by atoms with Crippen LogP contribution in [0.4, 0.5) is 0 Å². The Morgan fingerprint density at radius 2 is 1.35 bits per heavy atom. The summed E-state index contributed by atoms with van der Waals surface area (Å²) in [5.41, 5.74) is 0.955. The molecule has 3 aromatic carbocycles. The maximum atomic E-state index is 13.4. The predicted octanol–water partition coefficient (Wildman–Crippen LogP) is 4.71. The molecule has 0 saturated carbocycles. The Morgan fingerprint density at radius 3 is 1.90 bits per heavy atom. The van der Waals surface area contributed by atoms with E-state index in [9.17, 15) is 9.59 Å². The molecule has 4 nitrogen and oxygen atoms in total. The first kappa shape index (κ1) is 22.5. The number of amides is 1. The molecule has 1 N–H and O–H groups in total. The van der Waals surface area contributed by atoms with Crippen molar-refractivity contribution < 1.29 is 14.3 Å². The van der Waals surface area contributed by atoms with E-state index in [1.807, 2.05) is 73.7 Å². The number of carbonyl (C=O) groups is 2. The Bertz CT molecular complexity index is 991. The quantitative estimate of drug-likeness (QED) is 0.415. The molecule has 0 aromatic heterocycles. The molecule has 3 rings (SSSR count). The van der Waals surface area contributed by atoms with Crippen molar-refractivity contribution in [3.8, 4) is 0 Å². The number of rotatable bonds is 8. The summed E-state index contributed by atoms with van der Waals surface area (Å²) in [7, 11) is -2.41. The summed E-state index contributed by atoms with van der Waals surface area (Å²) in [5.74, 6) is -0.480. The molecule has 0 radical (unpaired) electrons. The van der Waals surface area contributed by atoms with Crippen LogP contribution in [0.2, 0.25) is 18.6 Å². The van der Waals surface area contributed by atoms with E-state index in [1.54, 1.807) is 12.1 Å². The van der Waals surface area contributed by atoms with Gasteiger partial charge in [0.25, 0.3) is 5.91 Å². The number of ether oxygens (including phenoxy) is 1. The zero-order valence-electron chi connectivity index (χ0n) is 18.2. The molecule has 0 saturated heterocycles. The summed E-state index contributed by atoms with van der Waals surface area (Å²) < 4.78 is 5.55. The maximum absolute atomic E-state index is 13.4. The van der Waals surface area contributed by atoms with E-state index >= 15 is 0 Å². The van der Waals surface area contributed by atoms with Gasteiger partial charge in [0, 0.05) is 5.56 Å². The Hall–Kier alpha value is -3.18. The lowest BCUT2D eigenvalue weighted by Gasteiger charge is -2.37. The maximum Gasteiger partial charge on any atom is 0.308 e. The Labute approximate surface area is 185 Å². The minimum atomic E-state index is -2.41. The second-order valence-corrected chi connectivity index (χ2v) is 12.7. The Balaban J connectivity index is 2.09. The molecule has 160 valence electrons. The highest BCUT2D eigenvalue weighted by Crippen LogP contribution is 2.37. The first-order chi connectivity index (χ1) is 14.9. The number of carbonyl (C=O) groups excluding carboxylic acids is 2. The van der Waals surface area contributed by atoms with Gasteiger partial charge in [0.05, 0.1) is 26.3 Å². The molecule has 0 unspecified atom stereocenters. The van der Waals surface area contributed by atoms with Crippen LogP contribution in [0, 0.1) is 0 Å². The largest absolute Gasteiger partial charge is 0.466 e. The van der Waals surface area contributed by atoms with Crippen LogP contribution < -0.4 is 10.5 Å². The third-order valence-electron chi connectivity index (χ3n) is 5.65. The van der Waals surface area contributed by atoms with Crippen LogP contribution in [-0.4, -0.2) is 26.6 Å². The van der Waals surface area contributed by atoms with Gasteiger partial charge in [0.15, 0.2) is 0 Å². The van der Waals surface area contributed by atoms with E-state index in [-0.39, 0.29) is 11.9 Å². The van der Waals surface area contributed by atoms with Gasteiger partial charge >= 0.3 is 5.97 Å². The average Bonchev–Trinajstić information content (AvgIpc) is 2.80.